The van der Waals surface area contributed by atoms with Crippen LogP contribution in [0.4, 0.5) is 4.79 Å². The molecule has 1 fully saturated rings. The molecule has 0 spiro atoms. The highest BCUT2D eigenvalue weighted by atomic mass is 16.6. The van der Waals surface area contributed by atoms with E-state index in [1.54, 1.807) is 17.0 Å². The molecule has 0 bridgehead atoms. The quantitative estimate of drug-likeness (QED) is 0.467. The second-order valence-electron chi connectivity index (χ2n) is 6.67. The summed E-state index contributed by atoms with van der Waals surface area (Å²) in [5.41, 5.74) is 1.82. The van der Waals surface area contributed by atoms with Gasteiger partial charge in [-0.1, -0.05) is 35.5 Å². The third kappa shape index (κ3) is 4.54. The van der Waals surface area contributed by atoms with E-state index in [1.807, 2.05) is 30.3 Å². The molecule has 0 saturated carbocycles. The Kier molecular flexibility index (Phi) is 6.37. The minimum atomic E-state index is -0.350. The maximum Gasteiger partial charge on any atom is 0.410 e. The van der Waals surface area contributed by atoms with Crippen molar-refractivity contribution in [3.8, 4) is 11.5 Å². The number of nitrogens with zero attached hydrogens (tertiary/aromatic N) is 2. The van der Waals surface area contributed by atoms with Crippen molar-refractivity contribution in [3.63, 3.8) is 0 Å². The van der Waals surface area contributed by atoms with Gasteiger partial charge >= 0.3 is 6.09 Å². The van der Waals surface area contributed by atoms with Gasteiger partial charge in [-0.15, -0.1) is 0 Å². The minimum Gasteiger partial charge on any atom is -0.507 e. The number of aromatic hydroxyl groups is 1. The molecule has 148 valence electrons. The van der Waals surface area contributed by atoms with Gasteiger partial charge in [0.1, 0.15) is 18.1 Å². The average molecular weight is 384 g/mol. The number of hydrogen-bond acceptors (Lipinski definition) is 6. The maximum absolute atomic E-state index is 12.3. The summed E-state index contributed by atoms with van der Waals surface area (Å²) in [6, 6.07) is 14.4. The van der Waals surface area contributed by atoms with Crippen molar-refractivity contribution in [2.75, 3.05) is 20.2 Å². The van der Waals surface area contributed by atoms with E-state index in [9.17, 15) is 15.1 Å². The molecule has 0 atom stereocenters. The molecule has 1 heterocycles. The fourth-order valence-electron chi connectivity index (χ4n) is 3.36. The molecule has 0 aromatic heterocycles. The number of ether oxygens (including phenoxy) is 2. The summed E-state index contributed by atoms with van der Waals surface area (Å²) in [5, 5.41) is 23.2. The number of likely N-dealkylation sites (tertiary alicyclic amines) is 1. The third-order valence-corrected chi connectivity index (χ3v) is 4.93. The van der Waals surface area contributed by atoms with Crippen molar-refractivity contribution in [1.82, 2.24) is 4.90 Å². The Morgan fingerprint density at radius 1 is 1.18 bits per heavy atom. The first kappa shape index (κ1) is 19.5. The lowest BCUT2D eigenvalue weighted by Gasteiger charge is -2.31. The summed E-state index contributed by atoms with van der Waals surface area (Å²) in [7, 11) is 1.52. The van der Waals surface area contributed by atoms with E-state index >= 15 is 0 Å². The van der Waals surface area contributed by atoms with Gasteiger partial charge in [0.15, 0.2) is 0 Å². The molecular formula is C21H24N2O5. The highest BCUT2D eigenvalue weighted by Crippen LogP contribution is 2.30. The van der Waals surface area contributed by atoms with Crippen LogP contribution in [0.2, 0.25) is 0 Å². The molecule has 7 heteroatoms. The number of amides is 1. The van der Waals surface area contributed by atoms with E-state index in [1.165, 1.54) is 13.2 Å². The van der Waals surface area contributed by atoms with Crippen LogP contribution >= 0.6 is 0 Å². The standard InChI is InChI=1S/C21H24N2O5/c1-27-17-7-8-18(19(24)13-17)20(22-26)16-9-11-23(12-10-16)21(25)28-14-15-5-3-2-4-6-15/h2-8,13,16,24,26H,9-12,14H2,1H3/b22-20+. The number of carbonyl (C=O) groups excluding carboxylic acids is 1. The van der Waals surface area contributed by atoms with E-state index in [0.717, 1.165) is 5.56 Å². The van der Waals surface area contributed by atoms with Crippen LogP contribution in [0.5, 0.6) is 11.5 Å². The first-order valence-electron chi connectivity index (χ1n) is 9.17. The summed E-state index contributed by atoms with van der Waals surface area (Å²) in [6.45, 7) is 1.23. The van der Waals surface area contributed by atoms with Crippen LogP contribution in [0.3, 0.4) is 0 Å². The first-order chi connectivity index (χ1) is 13.6. The molecule has 7 nitrogen and oxygen atoms in total. The van der Waals surface area contributed by atoms with Crippen molar-refractivity contribution >= 4 is 11.8 Å². The number of oxime groups is 1. The Hall–Kier alpha value is -3.22. The largest absolute Gasteiger partial charge is 0.507 e. The summed E-state index contributed by atoms with van der Waals surface area (Å²) < 4.78 is 10.5. The van der Waals surface area contributed by atoms with E-state index < -0.39 is 0 Å². The lowest BCUT2D eigenvalue weighted by molar-refractivity contribution is 0.0863. The zero-order valence-electron chi connectivity index (χ0n) is 15.7. The van der Waals surface area contributed by atoms with Crippen molar-refractivity contribution in [3.05, 3.63) is 59.7 Å². The number of phenolic OH excluding ortho intramolecular Hbond substituents is 1. The Balaban J connectivity index is 1.57. The molecule has 2 aromatic carbocycles. The normalized spacial score (nSPS) is 15.3. The van der Waals surface area contributed by atoms with E-state index in [2.05, 4.69) is 5.16 Å². The van der Waals surface area contributed by atoms with E-state index in [0.29, 0.717) is 43.0 Å². The molecule has 3 rings (SSSR count). The number of hydrogen-bond donors (Lipinski definition) is 2. The lowest BCUT2D eigenvalue weighted by atomic mass is 9.88. The second kappa shape index (κ2) is 9.12. The van der Waals surface area contributed by atoms with Crippen LogP contribution in [0.25, 0.3) is 0 Å². The van der Waals surface area contributed by atoms with Crippen LogP contribution < -0.4 is 4.74 Å². The van der Waals surface area contributed by atoms with Crippen LogP contribution in [0.15, 0.2) is 53.7 Å². The SMILES string of the molecule is COc1ccc(/C(=N/O)C2CCN(C(=O)OCc3ccccc3)CC2)c(O)c1. The third-order valence-electron chi connectivity index (χ3n) is 4.93. The molecule has 1 aliphatic heterocycles. The van der Waals surface area contributed by atoms with Gasteiger partial charge in [-0.2, -0.15) is 0 Å². The smallest absolute Gasteiger partial charge is 0.410 e. The fraction of sp³-hybridized carbons (Fsp3) is 0.333. The zero-order chi connectivity index (χ0) is 19.9. The van der Waals surface area contributed by atoms with Crippen LogP contribution in [0, 0.1) is 5.92 Å². The summed E-state index contributed by atoms with van der Waals surface area (Å²) >= 11 is 0. The Bertz CT molecular complexity index is 830. The Morgan fingerprint density at radius 2 is 1.89 bits per heavy atom. The first-order valence-corrected chi connectivity index (χ1v) is 9.17. The zero-order valence-corrected chi connectivity index (χ0v) is 15.7. The highest BCUT2D eigenvalue weighted by molar-refractivity contribution is 6.04. The van der Waals surface area contributed by atoms with E-state index in [-0.39, 0.29) is 24.4 Å². The molecule has 1 amide bonds. The van der Waals surface area contributed by atoms with Gasteiger partial charge in [-0.05, 0) is 30.5 Å². The van der Waals surface area contributed by atoms with Crippen molar-refractivity contribution in [2.24, 2.45) is 11.1 Å². The minimum absolute atomic E-state index is 0.00292. The number of benzene rings is 2. The predicted octanol–water partition coefficient (Wildman–Crippen LogP) is 3.63. The van der Waals surface area contributed by atoms with Gasteiger partial charge in [0.05, 0.1) is 12.8 Å². The second-order valence-corrected chi connectivity index (χ2v) is 6.67. The van der Waals surface area contributed by atoms with E-state index in [4.69, 9.17) is 9.47 Å². The predicted molar refractivity (Wildman–Crippen MR) is 104 cm³/mol. The Labute approximate surface area is 163 Å². The number of piperidine rings is 1. The molecule has 28 heavy (non-hydrogen) atoms. The van der Waals surface area contributed by atoms with Gasteiger partial charge in [0.2, 0.25) is 0 Å². The summed E-state index contributed by atoms with van der Waals surface area (Å²) in [6.07, 6.45) is 0.883. The number of methoxy groups -OCH3 is 1. The van der Waals surface area contributed by atoms with Crippen LogP contribution in [-0.2, 0) is 11.3 Å². The molecule has 1 aliphatic rings. The lowest BCUT2D eigenvalue weighted by Crippen LogP contribution is -2.40. The molecule has 0 unspecified atom stereocenters. The fourth-order valence-corrected chi connectivity index (χ4v) is 3.36. The number of carbonyl (C=O) groups is 1. The molecule has 0 aliphatic carbocycles. The number of rotatable bonds is 5. The molecule has 2 aromatic rings. The molecule has 2 N–H and O–H groups in total. The van der Waals surface area contributed by atoms with Crippen LogP contribution in [-0.4, -0.2) is 47.2 Å². The van der Waals surface area contributed by atoms with Gasteiger partial charge in [0.25, 0.3) is 0 Å². The topological polar surface area (TPSA) is 91.6 Å². The van der Waals surface area contributed by atoms with Crippen LogP contribution in [0.1, 0.15) is 24.0 Å². The maximum atomic E-state index is 12.3. The van der Waals surface area contributed by atoms with Gasteiger partial charge in [-0.3, -0.25) is 0 Å². The monoisotopic (exact) mass is 384 g/mol. The van der Waals surface area contributed by atoms with Crippen molar-refractivity contribution in [2.45, 2.75) is 19.4 Å². The van der Waals surface area contributed by atoms with Crippen molar-refractivity contribution < 1.29 is 24.6 Å². The summed E-state index contributed by atoms with van der Waals surface area (Å²) in [4.78, 5) is 13.9. The average Bonchev–Trinajstić information content (AvgIpc) is 2.74. The highest BCUT2D eigenvalue weighted by Gasteiger charge is 2.29. The van der Waals surface area contributed by atoms with Gasteiger partial charge in [0, 0.05) is 30.6 Å². The Morgan fingerprint density at radius 3 is 2.50 bits per heavy atom. The van der Waals surface area contributed by atoms with Gasteiger partial charge in [-0.25, -0.2) is 4.79 Å². The number of phenols is 1. The molecule has 0 radical (unpaired) electrons. The summed E-state index contributed by atoms with van der Waals surface area (Å²) in [5.74, 6) is 0.453. The van der Waals surface area contributed by atoms with Crippen molar-refractivity contribution in [1.29, 1.82) is 0 Å². The molecular weight excluding hydrogens is 360 g/mol. The molecule has 1 saturated heterocycles. The van der Waals surface area contributed by atoms with Gasteiger partial charge < -0.3 is 24.7 Å².